The molecule has 4 heteroatoms. The van der Waals surface area contributed by atoms with Gasteiger partial charge in [0, 0.05) is 17.2 Å². The highest BCUT2D eigenvalue weighted by Gasteiger charge is 2.44. The van der Waals surface area contributed by atoms with Crippen LogP contribution in [-0.2, 0) is 5.41 Å². The summed E-state index contributed by atoms with van der Waals surface area (Å²) < 4.78 is 0. The molecule has 1 fully saturated rings. The van der Waals surface area contributed by atoms with Crippen LogP contribution in [0, 0.1) is 5.92 Å². The lowest BCUT2D eigenvalue weighted by Crippen LogP contribution is -2.29. The van der Waals surface area contributed by atoms with Gasteiger partial charge in [-0.15, -0.1) is 0 Å². The molecule has 15 heavy (non-hydrogen) atoms. The summed E-state index contributed by atoms with van der Waals surface area (Å²) in [5, 5.41) is 19.4. The van der Waals surface area contributed by atoms with Crippen LogP contribution in [0.15, 0.2) is 12.3 Å². The first kappa shape index (κ1) is 10.7. The Morgan fingerprint density at radius 3 is 2.80 bits per heavy atom. The Labute approximate surface area is 93.7 Å². The summed E-state index contributed by atoms with van der Waals surface area (Å²) in [5.74, 6) is 0.439. The average Bonchev–Trinajstić information content (AvgIpc) is 3.05. The van der Waals surface area contributed by atoms with Crippen LogP contribution in [0.1, 0.15) is 25.3 Å². The zero-order chi connectivity index (χ0) is 11.1. The molecule has 1 aromatic heterocycles. The second kappa shape index (κ2) is 3.65. The minimum Gasteiger partial charge on any atom is -0.504 e. The number of hydrogen-bond acceptors (Lipinski definition) is 3. The maximum absolute atomic E-state index is 9.84. The topological polar surface area (TPSA) is 53.4 Å². The van der Waals surface area contributed by atoms with Crippen molar-refractivity contribution in [3.63, 3.8) is 0 Å². The van der Waals surface area contributed by atoms with E-state index >= 15 is 0 Å². The molecule has 82 valence electrons. The van der Waals surface area contributed by atoms with Gasteiger partial charge in [-0.2, -0.15) is 0 Å². The molecule has 1 heterocycles. The molecule has 3 nitrogen and oxygen atoms in total. The molecule has 1 aromatic rings. The number of hydrogen-bond donors (Lipinski definition) is 2. The van der Waals surface area contributed by atoms with Crippen molar-refractivity contribution < 1.29 is 10.2 Å². The van der Waals surface area contributed by atoms with Gasteiger partial charge < -0.3 is 10.2 Å². The van der Waals surface area contributed by atoms with Crippen molar-refractivity contribution in [3.8, 4) is 5.75 Å². The molecule has 0 spiro atoms. The summed E-state index contributed by atoms with van der Waals surface area (Å²) in [5.41, 5.74) is 0.309. The van der Waals surface area contributed by atoms with Gasteiger partial charge in [0.2, 0.25) is 0 Å². The number of aliphatic hydroxyl groups is 1. The molecule has 0 bridgehead atoms. The number of pyridine rings is 1. The highest BCUT2D eigenvalue weighted by atomic mass is 35.5. The van der Waals surface area contributed by atoms with Crippen LogP contribution in [0.5, 0.6) is 5.75 Å². The van der Waals surface area contributed by atoms with E-state index in [1.54, 1.807) is 12.3 Å². The number of aromatic nitrogens is 1. The van der Waals surface area contributed by atoms with Crippen molar-refractivity contribution >= 4 is 11.6 Å². The molecule has 0 aliphatic heterocycles. The second-order valence-electron chi connectivity index (χ2n) is 4.35. The quantitative estimate of drug-likeness (QED) is 0.778. The molecule has 0 unspecified atom stereocenters. The van der Waals surface area contributed by atoms with E-state index in [9.17, 15) is 10.2 Å². The first-order valence-electron chi connectivity index (χ1n) is 5.04. The highest BCUT2D eigenvalue weighted by Crippen LogP contribution is 2.49. The summed E-state index contributed by atoms with van der Waals surface area (Å²) in [7, 11) is 0. The first-order chi connectivity index (χ1) is 7.09. The Balaban J connectivity index is 2.46. The molecule has 0 aromatic carbocycles. The van der Waals surface area contributed by atoms with E-state index in [1.165, 1.54) is 0 Å². The highest BCUT2D eigenvalue weighted by molar-refractivity contribution is 6.30. The molecular weight excluding hydrogens is 214 g/mol. The van der Waals surface area contributed by atoms with Crippen molar-refractivity contribution in [1.82, 2.24) is 4.98 Å². The summed E-state index contributed by atoms with van der Waals surface area (Å²) >= 11 is 5.76. The predicted octanol–water partition coefficient (Wildman–Crippen LogP) is 2.10. The minimum absolute atomic E-state index is 0.00242. The molecule has 1 aliphatic rings. The van der Waals surface area contributed by atoms with Crippen molar-refractivity contribution in [2.75, 3.05) is 6.61 Å². The van der Waals surface area contributed by atoms with Crippen LogP contribution >= 0.6 is 11.6 Å². The molecule has 2 N–H and O–H groups in total. The Bertz CT molecular complexity index is 379. The zero-order valence-electron chi connectivity index (χ0n) is 8.57. The summed E-state index contributed by atoms with van der Waals surface area (Å²) in [4.78, 5) is 3.80. The Hall–Kier alpha value is -0.800. The molecule has 1 atom stereocenters. The third-order valence-corrected chi connectivity index (χ3v) is 3.58. The Morgan fingerprint density at radius 2 is 2.27 bits per heavy atom. The van der Waals surface area contributed by atoms with Crippen molar-refractivity contribution in [2.45, 2.75) is 25.2 Å². The van der Waals surface area contributed by atoms with Gasteiger partial charge in [-0.25, -0.2) is 4.98 Å². The van der Waals surface area contributed by atoms with E-state index in [4.69, 9.17) is 11.6 Å². The van der Waals surface area contributed by atoms with E-state index in [-0.39, 0.29) is 17.5 Å². The number of nitrogens with zero attached hydrogens (tertiary/aromatic N) is 1. The molecule has 0 radical (unpaired) electrons. The number of aliphatic hydroxyl groups excluding tert-OH is 1. The number of aromatic hydroxyl groups is 1. The summed E-state index contributed by atoms with van der Waals surface area (Å²) in [6.07, 6.45) is 3.75. The van der Waals surface area contributed by atoms with E-state index in [1.807, 2.05) is 6.92 Å². The Morgan fingerprint density at radius 1 is 1.60 bits per heavy atom. The maximum atomic E-state index is 9.84. The monoisotopic (exact) mass is 227 g/mol. The van der Waals surface area contributed by atoms with E-state index < -0.39 is 5.41 Å². The average molecular weight is 228 g/mol. The van der Waals surface area contributed by atoms with Crippen LogP contribution < -0.4 is 0 Å². The van der Waals surface area contributed by atoms with Gasteiger partial charge in [-0.3, -0.25) is 0 Å². The fraction of sp³-hybridized carbons (Fsp3) is 0.545. The van der Waals surface area contributed by atoms with Gasteiger partial charge in [-0.1, -0.05) is 18.5 Å². The second-order valence-corrected chi connectivity index (χ2v) is 4.71. The zero-order valence-corrected chi connectivity index (χ0v) is 9.33. The van der Waals surface area contributed by atoms with Gasteiger partial charge in [0.15, 0.2) is 10.9 Å². The van der Waals surface area contributed by atoms with Crippen LogP contribution in [-0.4, -0.2) is 21.8 Å². The lowest BCUT2D eigenvalue weighted by atomic mass is 9.78. The SMILES string of the molecule is C[C@](CO)(c1ccnc(Cl)c1O)C1CC1. The normalized spacial score (nSPS) is 19.9. The first-order valence-corrected chi connectivity index (χ1v) is 5.42. The fourth-order valence-corrected chi connectivity index (χ4v) is 2.20. The van der Waals surface area contributed by atoms with Gasteiger partial charge in [0.25, 0.3) is 0 Å². The third-order valence-electron chi connectivity index (χ3n) is 3.30. The van der Waals surface area contributed by atoms with Crippen LogP contribution in [0.25, 0.3) is 0 Å². The molecule has 2 rings (SSSR count). The number of rotatable bonds is 3. The van der Waals surface area contributed by atoms with Crippen molar-refractivity contribution in [2.24, 2.45) is 5.92 Å². The van der Waals surface area contributed by atoms with E-state index in [0.29, 0.717) is 11.5 Å². The van der Waals surface area contributed by atoms with Crippen molar-refractivity contribution in [1.29, 1.82) is 0 Å². The predicted molar refractivity (Wildman–Crippen MR) is 58.1 cm³/mol. The van der Waals surface area contributed by atoms with E-state index in [0.717, 1.165) is 12.8 Å². The maximum Gasteiger partial charge on any atom is 0.171 e. The molecule has 0 saturated heterocycles. The number of halogens is 1. The van der Waals surface area contributed by atoms with E-state index in [2.05, 4.69) is 4.98 Å². The standard InChI is InChI=1S/C11H14ClNO2/c1-11(6-14,7-2-3-7)8-4-5-13-10(12)9(8)15/h4-5,7,14-15H,2-3,6H2,1H3/t11-/m1/s1. The third kappa shape index (κ3) is 1.70. The Kier molecular flexibility index (Phi) is 2.61. The lowest BCUT2D eigenvalue weighted by Gasteiger charge is -2.28. The molecule has 0 amide bonds. The molecular formula is C11H14ClNO2. The fourth-order valence-electron chi connectivity index (χ4n) is 2.04. The van der Waals surface area contributed by atoms with Crippen LogP contribution in [0.3, 0.4) is 0 Å². The van der Waals surface area contributed by atoms with Gasteiger partial charge in [0.05, 0.1) is 6.61 Å². The smallest absolute Gasteiger partial charge is 0.171 e. The van der Waals surface area contributed by atoms with Gasteiger partial charge in [-0.05, 0) is 24.8 Å². The van der Waals surface area contributed by atoms with Crippen LogP contribution in [0.2, 0.25) is 5.15 Å². The van der Waals surface area contributed by atoms with Crippen molar-refractivity contribution in [3.05, 3.63) is 23.0 Å². The van der Waals surface area contributed by atoms with Gasteiger partial charge in [0.1, 0.15) is 0 Å². The summed E-state index contributed by atoms with van der Waals surface area (Å²) in [6.45, 7) is 1.97. The molecule has 1 aliphatic carbocycles. The lowest BCUT2D eigenvalue weighted by molar-refractivity contribution is 0.183. The van der Waals surface area contributed by atoms with Crippen LogP contribution in [0.4, 0.5) is 0 Å². The van der Waals surface area contributed by atoms with Gasteiger partial charge >= 0.3 is 0 Å². The molecule has 1 saturated carbocycles. The summed E-state index contributed by atoms with van der Waals surface area (Å²) in [6, 6.07) is 1.73. The largest absolute Gasteiger partial charge is 0.504 e. The minimum atomic E-state index is -0.392.